The fourth-order valence-corrected chi connectivity index (χ4v) is 2.17. The van der Waals surface area contributed by atoms with Crippen LogP contribution in [0.15, 0.2) is 16.6 Å². The quantitative estimate of drug-likeness (QED) is 0.447. The number of hydrogen-bond acceptors (Lipinski definition) is 4. The van der Waals surface area contributed by atoms with Crippen LogP contribution in [0.5, 0.6) is 5.75 Å². The van der Waals surface area contributed by atoms with Crippen molar-refractivity contribution in [2.75, 3.05) is 0 Å². The fourth-order valence-electron chi connectivity index (χ4n) is 1.72. The van der Waals surface area contributed by atoms with Crippen molar-refractivity contribution in [1.82, 2.24) is 0 Å². The molecule has 0 heterocycles. The number of rotatable bonds is 6. The van der Waals surface area contributed by atoms with E-state index in [9.17, 15) is 14.9 Å². The van der Waals surface area contributed by atoms with E-state index in [1.54, 1.807) is 6.07 Å². The van der Waals surface area contributed by atoms with Gasteiger partial charge in [0.05, 0.1) is 16.6 Å². The van der Waals surface area contributed by atoms with Crippen LogP contribution in [0.25, 0.3) is 0 Å². The molecule has 0 atom stereocenters. The van der Waals surface area contributed by atoms with Crippen molar-refractivity contribution < 1.29 is 14.5 Å². The largest absolute Gasteiger partial charge is 0.483 e. The SMILES string of the molecule is CCC(CC)Oc1c(C(C)=O)cc(Br)cc1[N+](=O)[O-]. The smallest absolute Gasteiger partial charge is 0.312 e. The number of benzene rings is 1. The first-order chi connectivity index (χ1) is 8.90. The van der Waals surface area contributed by atoms with Gasteiger partial charge in [-0.3, -0.25) is 14.9 Å². The van der Waals surface area contributed by atoms with Crippen molar-refractivity contribution in [2.24, 2.45) is 0 Å². The molecular weight excluding hydrogens is 314 g/mol. The van der Waals surface area contributed by atoms with E-state index in [0.29, 0.717) is 4.47 Å². The Morgan fingerprint density at radius 2 is 2.00 bits per heavy atom. The molecule has 0 saturated heterocycles. The van der Waals surface area contributed by atoms with Crippen LogP contribution in [0.4, 0.5) is 5.69 Å². The van der Waals surface area contributed by atoms with Crippen molar-refractivity contribution in [1.29, 1.82) is 0 Å². The molecule has 5 nitrogen and oxygen atoms in total. The van der Waals surface area contributed by atoms with Crippen molar-refractivity contribution in [2.45, 2.75) is 39.7 Å². The number of carbonyl (C=O) groups is 1. The molecule has 6 heteroatoms. The second kappa shape index (κ2) is 6.65. The van der Waals surface area contributed by atoms with Gasteiger partial charge in [-0.2, -0.15) is 0 Å². The van der Waals surface area contributed by atoms with Crippen LogP contribution in [0, 0.1) is 10.1 Å². The molecule has 0 spiro atoms. The lowest BCUT2D eigenvalue weighted by atomic mass is 10.1. The van der Waals surface area contributed by atoms with E-state index in [1.807, 2.05) is 13.8 Å². The summed E-state index contributed by atoms with van der Waals surface area (Å²) in [5, 5.41) is 11.1. The van der Waals surface area contributed by atoms with Gasteiger partial charge in [0.1, 0.15) is 0 Å². The van der Waals surface area contributed by atoms with Gasteiger partial charge in [-0.05, 0) is 25.8 Å². The second-order valence-corrected chi connectivity index (χ2v) is 5.09. The third-order valence-electron chi connectivity index (χ3n) is 2.81. The van der Waals surface area contributed by atoms with Crippen LogP contribution in [0.1, 0.15) is 44.0 Å². The molecular formula is C13H16BrNO4. The maximum absolute atomic E-state index is 11.6. The van der Waals surface area contributed by atoms with Crippen molar-refractivity contribution in [3.63, 3.8) is 0 Å². The molecule has 1 aromatic rings. The van der Waals surface area contributed by atoms with Gasteiger partial charge in [-0.15, -0.1) is 0 Å². The Bertz CT molecular complexity index is 462. The monoisotopic (exact) mass is 329 g/mol. The molecule has 0 bridgehead atoms. The minimum Gasteiger partial charge on any atom is -0.483 e. The summed E-state index contributed by atoms with van der Waals surface area (Å²) in [6.07, 6.45) is 1.31. The number of ether oxygens (including phenoxy) is 1. The molecule has 104 valence electrons. The van der Waals surface area contributed by atoms with Crippen LogP contribution < -0.4 is 4.74 Å². The third kappa shape index (κ3) is 3.76. The van der Waals surface area contributed by atoms with Crippen LogP contribution in [-0.2, 0) is 0 Å². The molecule has 0 aliphatic rings. The minimum absolute atomic E-state index is 0.0643. The number of hydrogen-bond donors (Lipinski definition) is 0. The average molecular weight is 330 g/mol. The zero-order valence-electron chi connectivity index (χ0n) is 11.1. The van der Waals surface area contributed by atoms with Crippen molar-refractivity contribution >= 4 is 27.4 Å². The Morgan fingerprint density at radius 3 is 2.42 bits per heavy atom. The number of Topliss-reactive ketones (excluding diaryl/α,β-unsaturated/α-hetero) is 1. The van der Waals surface area contributed by atoms with Crippen LogP contribution in [-0.4, -0.2) is 16.8 Å². The molecule has 0 saturated carbocycles. The van der Waals surface area contributed by atoms with Crippen LogP contribution >= 0.6 is 15.9 Å². The number of ketones is 1. The van der Waals surface area contributed by atoms with Gasteiger partial charge in [0.2, 0.25) is 5.75 Å². The molecule has 0 aliphatic heterocycles. The normalized spacial score (nSPS) is 10.6. The van der Waals surface area contributed by atoms with E-state index in [-0.39, 0.29) is 28.9 Å². The highest BCUT2D eigenvalue weighted by Crippen LogP contribution is 2.36. The minimum atomic E-state index is -0.533. The van der Waals surface area contributed by atoms with Crippen molar-refractivity contribution in [3.05, 3.63) is 32.3 Å². The van der Waals surface area contributed by atoms with Crippen LogP contribution in [0.2, 0.25) is 0 Å². The lowest BCUT2D eigenvalue weighted by Gasteiger charge is -2.17. The third-order valence-corrected chi connectivity index (χ3v) is 3.26. The number of nitrogens with zero attached hydrogens (tertiary/aromatic N) is 1. The summed E-state index contributed by atoms with van der Waals surface area (Å²) in [4.78, 5) is 22.2. The second-order valence-electron chi connectivity index (χ2n) is 4.17. The Morgan fingerprint density at radius 1 is 1.42 bits per heavy atom. The summed E-state index contributed by atoms with van der Waals surface area (Å²) >= 11 is 3.17. The predicted octanol–water partition coefficient (Wildman–Crippen LogP) is 4.13. The highest BCUT2D eigenvalue weighted by molar-refractivity contribution is 9.10. The zero-order valence-corrected chi connectivity index (χ0v) is 12.7. The summed E-state index contributed by atoms with van der Waals surface area (Å²) in [7, 11) is 0. The Kier molecular flexibility index (Phi) is 5.47. The molecule has 0 radical (unpaired) electrons. The Hall–Kier alpha value is -1.43. The first-order valence-electron chi connectivity index (χ1n) is 6.06. The first-order valence-corrected chi connectivity index (χ1v) is 6.85. The molecule has 0 N–H and O–H groups in total. The fraction of sp³-hybridized carbons (Fsp3) is 0.462. The molecule has 1 rings (SSSR count). The molecule has 0 aliphatic carbocycles. The predicted molar refractivity (Wildman–Crippen MR) is 75.8 cm³/mol. The van der Waals surface area contributed by atoms with Gasteiger partial charge in [-0.25, -0.2) is 0 Å². The summed E-state index contributed by atoms with van der Waals surface area (Å²) in [6.45, 7) is 5.24. The van der Waals surface area contributed by atoms with Gasteiger partial charge in [-0.1, -0.05) is 29.8 Å². The standard InChI is InChI=1S/C13H16BrNO4/c1-4-10(5-2)19-13-11(8(3)16)6-9(14)7-12(13)15(17)18/h6-7,10H,4-5H2,1-3H3. The molecule has 1 aromatic carbocycles. The lowest BCUT2D eigenvalue weighted by molar-refractivity contribution is -0.386. The van der Waals surface area contributed by atoms with E-state index in [0.717, 1.165) is 12.8 Å². The van der Waals surface area contributed by atoms with Gasteiger partial charge in [0, 0.05) is 10.5 Å². The molecule has 0 amide bonds. The van der Waals surface area contributed by atoms with E-state index >= 15 is 0 Å². The number of carbonyl (C=O) groups excluding carboxylic acids is 1. The van der Waals surface area contributed by atoms with Crippen LogP contribution in [0.3, 0.4) is 0 Å². The maximum atomic E-state index is 11.6. The number of nitro benzene ring substituents is 1. The van der Waals surface area contributed by atoms with E-state index in [1.165, 1.54) is 13.0 Å². The molecule has 0 aromatic heterocycles. The van der Waals surface area contributed by atoms with Gasteiger partial charge >= 0.3 is 5.69 Å². The summed E-state index contributed by atoms with van der Waals surface area (Å²) in [5.74, 6) is -0.195. The van der Waals surface area contributed by atoms with E-state index in [2.05, 4.69) is 15.9 Å². The lowest BCUT2D eigenvalue weighted by Crippen LogP contribution is -2.16. The summed E-state index contributed by atoms with van der Waals surface area (Å²) in [6, 6.07) is 2.90. The number of halogens is 1. The summed E-state index contributed by atoms with van der Waals surface area (Å²) < 4.78 is 6.16. The Balaban J connectivity index is 3.38. The zero-order chi connectivity index (χ0) is 14.6. The average Bonchev–Trinajstić information content (AvgIpc) is 2.36. The summed E-state index contributed by atoms with van der Waals surface area (Å²) in [5.41, 5.74) is 0.0412. The highest BCUT2D eigenvalue weighted by atomic mass is 79.9. The molecule has 0 fully saturated rings. The van der Waals surface area contributed by atoms with Gasteiger partial charge < -0.3 is 4.74 Å². The number of nitro groups is 1. The van der Waals surface area contributed by atoms with E-state index < -0.39 is 4.92 Å². The molecule has 0 unspecified atom stereocenters. The molecule has 19 heavy (non-hydrogen) atoms. The highest BCUT2D eigenvalue weighted by Gasteiger charge is 2.25. The Labute approximate surface area is 120 Å². The van der Waals surface area contributed by atoms with Gasteiger partial charge in [0.25, 0.3) is 0 Å². The van der Waals surface area contributed by atoms with E-state index in [4.69, 9.17) is 4.74 Å². The van der Waals surface area contributed by atoms with Crippen molar-refractivity contribution in [3.8, 4) is 5.75 Å². The maximum Gasteiger partial charge on any atom is 0.312 e. The first kappa shape index (κ1) is 15.6. The topological polar surface area (TPSA) is 69.4 Å². The van der Waals surface area contributed by atoms with Gasteiger partial charge in [0.15, 0.2) is 5.78 Å².